The smallest absolute Gasteiger partial charge is 0.248 e. The van der Waals surface area contributed by atoms with Crippen LogP contribution in [0.2, 0.25) is 0 Å². The lowest BCUT2D eigenvalue weighted by atomic mass is 9.70. The van der Waals surface area contributed by atoms with Crippen molar-refractivity contribution in [3.63, 3.8) is 0 Å². The van der Waals surface area contributed by atoms with E-state index in [-0.39, 0.29) is 35.2 Å². The van der Waals surface area contributed by atoms with Crippen LogP contribution in [0, 0.1) is 11.8 Å². The van der Waals surface area contributed by atoms with Crippen molar-refractivity contribution in [3.05, 3.63) is 25.3 Å². The van der Waals surface area contributed by atoms with Crippen LogP contribution >= 0.6 is 15.9 Å². The van der Waals surface area contributed by atoms with E-state index in [1.807, 2.05) is 13.8 Å². The van der Waals surface area contributed by atoms with Crippen LogP contribution in [0.5, 0.6) is 0 Å². The van der Waals surface area contributed by atoms with Crippen LogP contribution in [0.25, 0.3) is 0 Å². The van der Waals surface area contributed by atoms with Gasteiger partial charge >= 0.3 is 0 Å². The monoisotopic (exact) mass is 525 g/mol. The van der Waals surface area contributed by atoms with Crippen LogP contribution in [-0.4, -0.2) is 99.4 Å². The van der Waals surface area contributed by atoms with Gasteiger partial charge in [0.15, 0.2) is 0 Å². The fourth-order valence-corrected chi connectivity index (χ4v) is 6.66. The van der Waals surface area contributed by atoms with E-state index in [1.165, 1.54) is 0 Å². The van der Waals surface area contributed by atoms with Crippen molar-refractivity contribution in [1.82, 2.24) is 14.7 Å². The van der Waals surface area contributed by atoms with Gasteiger partial charge in [0.05, 0.1) is 17.9 Å². The predicted molar refractivity (Wildman–Crippen MR) is 129 cm³/mol. The van der Waals surface area contributed by atoms with Gasteiger partial charge in [0, 0.05) is 44.2 Å². The van der Waals surface area contributed by atoms with E-state index in [0.717, 1.165) is 0 Å². The highest BCUT2D eigenvalue weighted by atomic mass is 79.9. The summed E-state index contributed by atoms with van der Waals surface area (Å²) < 4.78 is 6.50. The highest BCUT2D eigenvalue weighted by Gasteiger charge is 2.76. The van der Waals surface area contributed by atoms with Gasteiger partial charge in [-0.15, -0.1) is 13.2 Å². The number of ether oxygens (including phenoxy) is 1. The number of hydrogen-bond acceptors (Lipinski definition) is 5. The van der Waals surface area contributed by atoms with Crippen molar-refractivity contribution in [2.75, 3.05) is 33.3 Å². The molecule has 0 aromatic carbocycles. The second-order valence-electron chi connectivity index (χ2n) is 9.51. The molecule has 184 valence electrons. The fraction of sp³-hybridized carbons (Fsp3) is 0.708. The lowest BCUT2D eigenvalue weighted by molar-refractivity contribution is -0.149. The van der Waals surface area contributed by atoms with Crippen molar-refractivity contribution in [2.45, 2.75) is 61.7 Å². The van der Waals surface area contributed by atoms with E-state index >= 15 is 0 Å². The molecule has 1 N–H and O–H groups in total. The molecule has 1 spiro atoms. The van der Waals surface area contributed by atoms with E-state index in [9.17, 15) is 19.5 Å². The van der Waals surface area contributed by atoms with Crippen molar-refractivity contribution < 1.29 is 24.2 Å². The summed E-state index contributed by atoms with van der Waals surface area (Å²) in [6.07, 6.45) is 4.42. The summed E-state index contributed by atoms with van der Waals surface area (Å²) in [6.45, 7) is 12.4. The average Bonchev–Trinajstić information content (AvgIpc) is 3.35. The van der Waals surface area contributed by atoms with Crippen LogP contribution < -0.4 is 0 Å². The number of alkyl halides is 1. The van der Waals surface area contributed by atoms with Gasteiger partial charge in [-0.25, -0.2) is 0 Å². The third-order valence-electron chi connectivity index (χ3n) is 7.13. The van der Waals surface area contributed by atoms with Crippen molar-refractivity contribution >= 4 is 33.7 Å². The quantitative estimate of drug-likeness (QED) is 0.251. The zero-order valence-electron chi connectivity index (χ0n) is 19.8. The van der Waals surface area contributed by atoms with Gasteiger partial charge in [-0.3, -0.25) is 14.4 Å². The summed E-state index contributed by atoms with van der Waals surface area (Å²) in [4.78, 5) is 45.9. The standard InChI is InChI=1S/C24H36BrN3O5/c1-6-10-26(5)21(30)17-18-22(31)28(12-8-9-13-29)20(23(32)27(11-7-2)15(3)4)24(18)14-16(25)19(17)33-24/h6-7,15-20,29H,1-2,8-14H2,3-5H3/t16?,17-,18-,19-,20?,24?/m0/s1. The Bertz CT molecular complexity index is 805. The Hall–Kier alpha value is -1.71. The van der Waals surface area contributed by atoms with Crippen LogP contribution in [0.3, 0.4) is 0 Å². The minimum absolute atomic E-state index is 0.0132. The zero-order chi connectivity index (χ0) is 24.5. The summed E-state index contributed by atoms with van der Waals surface area (Å²) in [7, 11) is 1.69. The molecule has 3 amide bonds. The number of amides is 3. The molecule has 3 unspecified atom stereocenters. The lowest BCUT2D eigenvalue weighted by Gasteiger charge is -2.38. The first-order valence-corrected chi connectivity index (χ1v) is 12.6. The maximum Gasteiger partial charge on any atom is 0.248 e. The molecule has 0 aromatic heterocycles. The maximum atomic E-state index is 13.9. The number of carbonyl (C=O) groups is 3. The van der Waals surface area contributed by atoms with Gasteiger partial charge in [0.1, 0.15) is 11.6 Å². The van der Waals surface area contributed by atoms with Crippen molar-refractivity contribution in [2.24, 2.45) is 11.8 Å². The Kier molecular flexibility index (Phi) is 8.07. The predicted octanol–water partition coefficient (Wildman–Crippen LogP) is 1.57. The molecule has 3 rings (SSSR count). The molecular weight excluding hydrogens is 490 g/mol. The van der Waals surface area contributed by atoms with Crippen molar-refractivity contribution in [3.8, 4) is 0 Å². The summed E-state index contributed by atoms with van der Waals surface area (Å²) in [5, 5.41) is 9.26. The fourth-order valence-electron chi connectivity index (χ4n) is 5.72. The lowest BCUT2D eigenvalue weighted by Crippen LogP contribution is -2.58. The Balaban J connectivity index is 2.05. The molecule has 3 aliphatic rings. The topological polar surface area (TPSA) is 90.4 Å². The Morgan fingerprint density at radius 2 is 1.94 bits per heavy atom. The number of rotatable bonds is 11. The number of aliphatic hydroxyl groups is 1. The molecular formula is C24H36BrN3O5. The van der Waals surface area contributed by atoms with Gasteiger partial charge in [-0.2, -0.15) is 0 Å². The number of nitrogens with zero attached hydrogens (tertiary/aromatic N) is 3. The first-order chi connectivity index (χ1) is 15.7. The number of hydrogen-bond donors (Lipinski definition) is 1. The van der Waals surface area contributed by atoms with Gasteiger partial charge in [-0.1, -0.05) is 28.1 Å². The largest absolute Gasteiger partial charge is 0.396 e. The minimum Gasteiger partial charge on any atom is -0.396 e. The first-order valence-electron chi connectivity index (χ1n) is 11.7. The SMILES string of the molecule is C=CCN(C)C(=O)[C@H]1[C@H]2C(=O)N(CCCCO)C(C(=O)N(CC=C)C(C)C)C23CC(Br)[C@@H]1O3. The van der Waals surface area contributed by atoms with Gasteiger partial charge in [0.2, 0.25) is 17.7 Å². The first kappa shape index (κ1) is 25.9. The Labute approximate surface area is 204 Å². The number of fused-ring (bicyclic) bond motifs is 1. The average molecular weight is 526 g/mol. The van der Waals surface area contributed by atoms with E-state index in [2.05, 4.69) is 29.1 Å². The van der Waals surface area contributed by atoms with Gasteiger partial charge < -0.3 is 24.5 Å². The van der Waals surface area contributed by atoms with E-state index in [4.69, 9.17) is 4.74 Å². The van der Waals surface area contributed by atoms with Crippen LogP contribution in [0.15, 0.2) is 25.3 Å². The molecule has 0 aromatic rings. The second-order valence-corrected chi connectivity index (χ2v) is 10.7. The maximum absolute atomic E-state index is 13.9. The summed E-state index contributed by atoms with van der Waals surface area (Å²) in [6, 6.07) is -0.904. The minimum atomic E-state index is -1.06. The number of halogens is 1. The Morgan fingerprint density at radius 1 is 1.27 bits per heavy atom. The molecule has 2 bridgehead atoms. The van der Waals surface area contributed by atoms with Crippen LogP contribution in [0.4, 0.5) is 0 Å². The number of carbonyl (C=O) groups excluding carboxylic acids is 3. The molecule has 33 heavy (non-hydrogen) atoms. The third kappa shape index (κ3) is 4.28. The van der Waals surface area contributed by atoms with Crippen molar-refractivity contribution in [1.29, 1.82) is 0 Å². The summed E-state index contributed by atoms with van der Waals surface area (Å²) in [5.41, 5.74) is -1.06. The molecule has 8 nitrogen and oxygen atoms in total. The number of likely N-dealkylation sites (tertiary alicyclic amines) is 1. The van der Waals surface area contributed by atoms with Crippen LogP contribution in [0.1, 0.15) is 33.1 Å². The molecule has 3 fully saturated rings. The molecule has 0 aliphatic carbocycles. The second kappa shape index (κ2) is 10.3. The molecule has 0 radical (unpaired) electrons. The molecule has 9 heteroatoms. The van der Waals surface area contributed by atoms with Crippen LogP contribution in [-0.2, 0) is 19.1 Å². The zero-order valence-corrected chi connectivity index (χ0v) is 21.4. The highest BCUT2D eigenvalue weighted by molar-refractivity contribution is 9.09. The highest BCUT2D eigenvalue weighted by Crippen LogP contribution is 2.60. The van der Waals surface area contributed by atoms with E-state index in [1.54, 1.807) is 33.9 Å². The Morgan fingerprint density at radius 3 is 2.52 bits per heavy atom. The molecule has 0 saturated carbocycles. The summed E-state index contributed by atoms with van der Waals surface area (Å²) >= 11 is 3.68. The van der Waals surface area contributed by atoms with E-state index < -0.39 is 29.6 Å². The molecule has 3 heterocycles. The molecule has 3 saturated heterocycles. The number of likely N-dealkylation sites (N-methyl/N-ethyl adjacent to an activating group) is 1. The molecule has 3 aliphatic heterocycles. The summed E-state index contributed by atoms with van der Waals surface area (Å²) in [5.74, 6) is -1.93. The molecule has 6 atom stereocenters. The van der Waals surface area contributed by atoms with Gasteiger partial charge in [-0.05, 0) is 33.1 Å². The van der Waals surface area contributed by atoms with Gasteiger partial charge in [0.25, 0.3) is 0 Å². The third-order valence-corrected chi connectivity index (χ3v) is 7.97. The van der Waals surface area contributed by atoms with E-state index in [0.29, 0.717) is 38.9 Å². The number of unbranched alkanes of at least 4 members (excludes halogenated alkanes) is 1. The number of aliphatic hydroxyl groups excluding tert-OH is 1. The normalized spacial score (nSPS) is 32.2.